The van der Waals surface area contributed by atoms with E-state index in [4.69, 9.17) is 0 Å². The molecular weight excluding hydrogens is 328 g/mol. The van der Waals surface area contributed by atoms with Gasteiger partial charge in [-0.05, 0) is 36.9 Å². The van der Waals surface area contributed by atoms with E-state index in [1.54, 1.807) is 4.90 Å². The molecule has 1 aliphatic heterocycles. The predicted octanol–water partition coefficient (Wildman–Crippen LogP) is 0.272. The van der Waals surface area contributed by atoms with Gasteiger partial charge < -0.3 is 20.1 Å². The molecule has 1 unspecified atom stereocenters. The Labute approximate surface area is 154 Å². The standard InChI is InChI=1S/C20H28N4O2/c1-3-8-23-9-10-24(20(26)14-23)13-19(25)21-7-6-17-12-16-11-15(2)4-5-18(16)22-17/h4-5,11-12,22H,3,6-10,13-14H2,1-2H3,(H,21,25)/p+1. The zero-order chi connectivity index (χ0) is 18.5. The SMILES string of the molecule is CCC[NH+]1CCN(CC(=O)NCCc2cc3cc(C)ccc3[nH]2)C(=O)C1. The first kappa shape index (κ1) is 18.5. The molecule has 0 aliphatic carbocycles. The van der Waals surface area contributed by atoms with Crippen LogP contribution in [0.1, 0.15) is 24.6 Å². The Balaban J connectivity index is 1.43. The number of nitrogens with one attached hydrogen (secondary N) is 3. The summed E-state index contributed by atoms with van der Waals surface area (Å²) in [4.78, 5) is 30.7. The summed E-state index contributed by atoms with van der Waals surface area (Å²) in [5, 5.41) is 4.13. The van der Waals surface area contributed by atoms with E-state index < -0.39 is 0 Å². The fraction of sp³-hybridized carbons (Fsp3) is 0.500. The van der Waals surface area contributed by atoms with Gasteiger partial charge >= 0.3 is 0 Å². The number of fused-ring (bicyclic) bond motifs is 1. The first-order valence-electron chi connectivity index (χ1n) is 9.51. The summed E-state index contributed by atoms with van der Waals surface area (Å²) in [5.74, 6) is 0.00471. The van der Waals surface area contributed by atoms with Crippen LogP contribution in [0.3, 0.4) is 0 Å². The number of nitrogens with zero attached hydrogens (tertiary/aromatic N) is 1. The zero-order valence-electron chi connectivity index (χ0n) is 15.7. The lowest BCUT2D eigenvalue weighted by atomic mass is 10.2. The first-order chi connectivity index (χ1) is 12.5. The number of carbonyl (C=O) groups excluding carboxylic acids is 2. The molecule has 1 aliphatic rings. The number of quaternary nitrogens is 1. The monoisotopic (exact) mass is 357 g/mol. The number of rotatable bonds is 7. The fourth-order valence-corrected chi connectivity index (χ4v) is 3.58. The molecular formula is C20H29N4O2+. The van der Waals surface area contributed by atoms with Crippen molar-refractivity contribution in [3.8, 4) is 0 Å². The van der Waals surface area contributed by atoms with Crippen molar-refractivity contribution in [1.29, 1.82) is 0 Å². The summed E-state index contributed by atoms with van der Waals surface area (Å²) < 4.78 is 0. The number of hydrogen-bond acceptors (Lipinski definition) is 2. The first-order valence-corrected chi connectivity index (χ1v) is 9.51. The van der Waals surface area contributed by atoms with Crippen molar-refractivity contribution in [2.24, 2.45) is 0 Å². The fourth-order valence-electron chi connectivity index (χ4n) is 3.58. The Hall–Kier alpha value is -2.34. The van der Waals surface area contributed by atoms with E-state index in [0.717, 1.165) is 37.1 Å². The number of aromatic nitrogens is 1. The Morgan fingerprint density at radius 2 is 2.19 bits per heavy atom. The molecule has 6 nitrogen and oxygen atoms in total. The number of H-pyrrole nitrogens is 1. The maximum atomic E-state index is 12.2. The second kappa shape index (κ2) is 8.36. The van der Waals surface area contributed by atoms with Crippen molar-refractivity contribution in [2.45, 2.75) is 26.7 Å². The predicted molar refractivity (Wildman–Crippen MR) is 102 cm³/mol. The van der Waals surface area contributed by atoms with Crippen LogP contribution in [0.4, 0.5) is 0 Å². The van der Waals surface area contributed by atoms with E-state index in [1.807, 2.05) is 0 Å². The van der Waals surface area contributed by atoms with Gasteiger partial charge in [0.05, 0.1) is 26.2 Å². The Morgan fingerprint density at radius 1 is 1.35 bits per heavy atom. The number of amides is 2. The topological polar surface area (TPSA) is 69.6 Å². The molecule has 0 saturated carbocycles. The maximum Gasteiger partial charge on any atom is 0.278 e. The molecule has 0 radical (unpaired) electrons. The van der Waals surface area contributed by atoms with Crippen LogP contribution in [0.25, 0.3) is 10.9 Å². The van der Waals surface area contributed by atoms with Gasteiger partial charge in [0.1, 0.15) is 0 Å². The third-order valence-electron chi connectivity index (χ3n) is 4.98. The molecule has 140 valence electrons. The summed E-state index contributed by atoms with van der Waals surface area (Å²) in [6.07, 6.45) is 1.83. The van der Waals surface area contributed by atoms with E-state index in [1.165, 1.54) is 15.8 Å². The average molecular weight is 357 g/mol. The quantitative estimate of drug-likeness (QED) is 0.666. The zero-order valence-corrected chi connectivity index (χ0v) is 15.7. The second-order valence-electron chi connectivity index (χ2n) is 7.23. The van der Waals surface area contributed by atoms with Gasteiger partial charge in [0.2, 0.25) is 5.91 Å². The Bertz CT molecular complexity index is 783. The van der Waals surface area contributed by atoms with Gasteiger partial charge in [-0.3, -0.25) is 9.59 Å². The van der Waals surface area contributed by atoms with Crippen LogP contribution < -0.4 is 10.2 Å². The maximum absolute atomic E-state index is 12.2. The number of benzene rings is 1. The summed E-state index contributed by atoms with van der Waals surface area (Å²) in [6, 6.07) is 8.45. The highest BCUT2D eigenvalue weighted by Crippen LogP contribution is 2.17. The lowest BCUT2D eigenvalue weighted by molar-refractivity contribution is -0.895. The molecule has 1 aromatic heterocycles. The third kappa shape index (κ3) is 4.64. The number of aryl methyl sites for hydroxylation is 1. The molecule has 3 rings (SSSR count). The van der Waals surface area contributed by atoms with E-state index in [-0.39, 0.29) is 18.4 Å². The summed E-state index contributed by atoms with van der Waals surface area (Å²) in [7, 11) is 0. The van der Waals surface area contributed by atoms with Gasteiger partial charge in [-0.2, -0.15) is 0 Å². The Kier molecular flexibility index (Phi) is 5.93. The van der Waals surface area contributed by atoms with Crippen molar-refractivity contribution >= 4 is 22.7 Å². The largest absolute Gasteiger partial charge is 0.358 e. The third-order valence-corrected chi connectivity index (χ3v) is 4.98. The molecule has 1 aromatic carbocycles. The minimum atomic E-state index is -0.0794. The highest BCUT2D eigenvalue weighted by molar-refractivity contribution is 5.85. The number of aromatic amines is 1. The van der Waals surface area contributed by atoms with Crippen molar-refractivity contribution in [3.05, 3.63) is 35.5 Å². The molecule has 26 heavy (non-hydrogen) atoms. The lowest BCUT2D eigenvalue weighted by Crippen LogP contribution is -3.15. The van der Waals surface area contributed by atoms with Crippen molar-refractivity contribution < 1.29 is 14.5 Å². The Morgan fingerprint density at radius 3 is 2.96 bits per heavy atom. The van der Waals surface area contributed by atoms with Crippen molar-refractivity contribution in [1.82, 2.24) is 15.2 Å². The highest BCUT2D eigenvalue weighted by Gasteiger charge is 2.27. The molecule has 0 spiro atoms. The van der Waals surface area contributed by atoms with Crippen LogP contribution in [-0.2, 0) is 16.0 Å². The summed E-state index contributed by atoms with van der Waals surface area (Å²) in [5.41, 5.74) is 3.47. The van der Waals surface area contributed by atoms with Crippen molar-refractivity contribution in [3.63, 3.8) is 0 Å². The normalized spacial score (nSPS) is 17.7. The number of carbonyl (C=O) groups is 2. The van der Waals surface area contributed by atoms with Gasteiger partial charge in [-0.15, -0.1) is 0 Å². The number of piperazine rings is 1. The van der Waals surface area contributed by atoms with Gasteiger partial charge in [0.25, 0.3) is 5.91 Å². The molecule has 2 aromatic rings. The molecule has 6 heteroatoms. The van der Waals surface area contributed by atoms with Crippen molar-refractivity contribution in [2.75, 3.05) is 39.3 Å². The highest BCUT2D eigenvalue weighted by atomic mass is 16.2. The van der Waals surface area contributed by atoms with Crippen LogP contribution >= 0.6 is 0 Å². The van der Waals surface area contributed by atoms with E-state index >= 15 is 0 Å². The average Bonchev–Trinajstić information content (AvgIpc) is 2.99. The minimum absolute atomic E-state index is 0.0794. The molecule has 2 heterocycles. The number of hydrogen-bond donors (Lipinski definition) is 3. The minimum Gasteiger partial charge on any atom is -0.358 e. The van der Waals surface area contributed by atoms with Crippen LogP contribution in [0.2, 0.25) is 0 Å². The summed E-state index contributed by atoms with van der Waals surface area (Å²) >= 11 is 0. The smallest absolute Gasteiger partial charge is 0.278 e. The van der Waals surface area contributed by atoms with Gasteiger partial charge in [-0.25, -0.2) is 0 Å². The van der Waals surface area contributed by atoms with Gasteiger partial charge in [0.15, 0.2) is 6.54 Å². The summed E-state index contributed by atoms with van der Waals surface area (Å²) in [6.45, 7) is 8.09. The molecule has 3 N–H and O–H groups in total. The van der Waals surface area contributed by atoms with Crippen LogP contribution in [0, 0.1) is 6.92 Å². The van der Waals surface area contributed by atoms with E-state index in [0.29, 0.717) is 19.6 Å². The molecule has 0 bridgehead atoms. The van der Waals surface area contributed by atoms with Crippen LogP contribution in [-0.4, -0.2) is 61.0 Å². The molecule has 1 saturated heterocycles. The van der Waals surface area contributed by atoms with Crippen LogP contribution in [0.5, 0.6) is 0 Å². The van der Waals surface area contributed by atoms with E-state index in [9.17, 15) is 9.59 Å². The van der Waals surface area contributed by atoms with E-state index in [2.05, 4.69) is 48.4 Å². The van der Waals surface area contributed by atoms with Gasteiger partial charge in [0, 0.05) is 24.2 Å². The molecule has 1 atom stereocenters. The second-order valence-corrected chi connectivity index (χ2v) is 7.23. The molecule has 1 fully saturated rings. The lowest BCUT2D eigenvalue weighted by Gasteiger charge is -2.31. The van der Waals surface area contributed by atoms with Crippen LogP contribution in [0.15, 0.2) is 24.3 Å². The molecule has 2 amide bonds. The van der Waals surface area contributed by atoms with Gasteiger partial charge in [-0.1, -0.05) is 18.6 Å².